The fourth-order valence-corrected chi connectivity index (χ4v) is 11.0. The first kappa shape index (κ1) is 48.9. The second kappa shape index (κ2) is 22.2. The number of carbonyl (C=O) groups excluding carboxylic acids is 2. The number of allylic oxidation sites excluding steroid dienone is 1. The van der Waals surface area contributed by atoms with Gasteiger partial charge in [0.1, 0.15) is 23.7 Å². The number of ether oxygens (including phenoxy) is 4. The van der Waals surface area contributed by atoms with Gasteiger partial charge in [-0.15, -0.1) is 0 Å². The fourth-order valence-electron chi connectivity index (χ4n) is 11.0. The van der Waals surface area contributed by atoms with E-state index >= 15 is 0 Å². The van der Waals surface area contributed by atoms with E-state index < -0.39 is 54.7 Å². The van der Waals surface area contributed by atoms with Gasteiger partial charge in [0.15, 0.2) is 12.2 Å². The van der Waals surface area contributed by atoms with Crippen molar-refractivity contribution in [3.05, 3.63) is 157 Å². The Morgan fingerprint density at radius 3 is 2.26 bits per heavy atom. The summed E-state index contributed by atoms with van der Waals surface area (Å²) in [4.78, 5) is 44.0. The number of hydrogen-bond donors (Lipinski definition) is 3. The molecule has 5 aromatic rings. The van der Waals surface area contributed by atoms with Crippen molar-refractivity contribution in [1.82, 2.24) is 0 Å². The van der Waals surface area contributed by atoms with Gasteiger partial charge in [-0.25, -0.2) is 9.59 Å². The number of benzene rings is 4. The minimum Gasteiger partial charge on any atom is -0.483 e. The smallest absolute Gasteiger partial charge is 0.340 e. The standard InChI is InChI=1S/C57H66O11/c1-36(2)45-24-23-37-17-19-40(20-18-37)31-42(22-21-39-13-10-14-41(30-39)29-38-11-6-4-7-12-38)32-49(61)65-53-51-48(68-57(3,54(53)67-55(45)62)44-15-8-5-9-16-44)26-25-46-47(33-59)50(56(63)66-52(46)51)43(27-28-58)34-64-35-60/h4,6-7,10-14,17-20,25-26,30,42-44,53-54,58-60H,5,8-9,15-16,21-24,27-29,31-35H2,1-3H3/t42-,43-,53-,54+,57+/m1/s1. The molecule has 360 valence electrons. The zero-order chi connectivity index (χ0) is 47.8. The van der Waals surface area contributed by atoms with Crippen molar-refractivity contribution in [1.29, 1.82) is 0 Å². The van der Waals surface area contributed by atoms with Gasteiger partial charge in [-0.05, 0) is 130 Å². The minimum atomic E-state index is -1.27. The zero-order valence-electron chi connectivity index (χ0n) is 39.7. The molecule has 0 unspecified atom stereocenters. The van der Waals surface area contributed by atoms with Crippen molar-refractivity contribution in [3.63, 3.8) is 0 Å². The second-order valence-corrected chi connectivity index (χ2v) is 19.5. The average Bonchev–Trinajstić information content (AvgIpc) is 3.33. The van der Waals surface area contributed by atoms with Crippen molar-refractivity contribution in [2.45, 2.75) is 135 Å². The van der Waals surface area contributed by atoms with E-state index in [1.165, 1.54) is 16.7 Å². The molecule has 0 spiro atoms. The summed E-state index contributed by atoms with van der Waals surface area (Å²) in [6, 6.07) is 30.9. The monoisotopic (exact) mass is 926 g/mol. The van der Waals surface area contributed by atoms with Crippen LogP contribution in [0.25, 0.3) is 11.0 Å². The molecule has 4 aromatic carbocycles. The van der Waals surface area contributed by atoms with Crippen LogP contribution in [0.2, 0.25) is 0 Å². The average molecular weight is 927 g/mol. The molecule has 11 nitrogen and oxygen atoms in total. The Kier molecular flexibility index (Phi) is 16.0. The molecule has 9 rings (SSSR count). The Hall–Kier alpha value is -5.59. The number of hydrogen-bond acceptors (Lipinski definition) is 11. The molecule has 0 saturated heterocycles. The maximum atomic E-state index is 15.0. The van der Waals surface area contributed by atoms with Crippen molar-refractivity contribution in [2.24, 2.45) is 11.8 Å². The van der Waals surface area contributed by atoms with Crippen LogP contribution in [0.5, 0.6) is 5.75 Å². The van der Waals surface area contributed by atoms with E-state index in [0.29, 0.717) is 42.4 Å². The van der Waals surface area contributed by atoms with Gasteiger partial charge in [0, 0.05) is 41.4 Å². The maximum Gasteiger partial charge on any atom is 0.340 e. The Morgan fingerprint density at radius 1 is 0.809 bits per heavy atom. The van der Waals surface area contributed by atoms with E-state index in [1.54, 1.807) is 12.1 Å². The molecule has 0 amide bonds. The highest BCUT2D eigenvalue weighted by Crippen LogP contribution is 2.52. The number of rotatable bonds is 13. The molecule has 1 aromatic heterocycles. The maximum absolute atomic E-state index is 15.0. The first-order chi connectivity index (χ1) is 33.0. The summed E-state index contributed by atoms with van der Waals surface area (Å²) >= 11 is 0. The molecule has 1 fully saturated rings. The number of aryl methyl sites for hydroxylation is 2. The van der Waals surface area contributed by atoms with Crippen LogP contribution in [0.4, 0.5) is 0 Å². The van der Waals surface area contributed by atoms with Crippen LogP contribution in [0, 0.1) is 11.8 Å². The largest absolute Gasteiger partial charge is 0.483 e. The predicted molar refractivity (Wildman–Crippen MR) is 259 cm³/mol. The summed E-state index contributed by atoms with van der Waals surface area (Å²) < 4.78 is 32.2. The van der Waals surface area contributed by atoms with Gasteiger partial charge in [-0.1, -0.05) is 104 Å². The third-order valence-electron chi connectivity index (χ3n) is 14.6. The fraction of sp³-hybridized carbons (Fsp3) is 0.456. The van der Waals surface area contributed by atoms with E-state index in [4.69, 9.17) is 23.4 Å². The van der Waals surface area contributed by atoms with E-state index in [2.05, 4.69) is 72.8 Å². The number of fused-ring (bicyclic) bond motifs is 13. The lowest BCUT2D eigenvalue weighted by molar-refractivity contribution is -0.201. The van der Waals surface area contributed by atoms with E-state index in [9.17, 15) is 29.7 Å². The van der Waals surface area contributed by atoms with Gasteiger partial charge >= 0.3 is 17.6 Å². The highest BCUT2D eigenvalue weighted by atomic mass is 16.6. The quantitative estimate of drug-likeness (QED) is 0.0446. The van der Waals surface area contributed by atoms with E-state index in [-0.39, 0.29) is 60.2 Å². The summed E-state index contributed by atoms with van der Waals surface area (Å²) in [6.07, 6.45) is 6.28. The number of esters is 2. The van der Waals surface area contributed by atoms with Crippen LogP contribution >= 0.6 is 0 Å². The molecule has 3 aliphatic heterocycles. The third-order valence-corrected chi connectivity index (χ3v) is 14.6. The van der Waals surface area contributed by atoms with E-state index in [0.717, 1.165) is 61.6 Å². The molecule has 1 saturated carbocycles. The summed E-state index contributed by atoms with van der Waals surface area (Å²) in [5, 5.41) is 30.8. The second-order valence-electron chi connectivity index (χ2n) is 19.5. The summed E-state index contributed by atoms with van der Waals surface area (Å²) in [5.74, 6) is -1.61. The predicted octanol–water partition coefficient (Wildman–Crippen LogP) is 9.70. The van der Waals surface area contributed by atoms with Crippen molar-refractivity contribution in [3.8, 4) is 5.75 Å². The first-order valence-corrected chi connectivity index (χ1v) is 24.5. The first-order valence-electron chi connectivity index (χ1n) is 24.5. The summed E-state index contributed by atoms with van der Waals surface area (Å²) in [6.45, 7) is 4.18. The summed E-state index contributed by atoms with van der Waals surface area (Å²) in [7, 11) is 0. The van der Waals surface area contributed by atoms with Crippen LogP contribution < -0.4 is 10.4 Å². The van der Waals surface area contributed by atoms with Gasteiger partial charge in [-0.2, -0.15) is 0 Å². The van der Waals surface area contributed by atoms with Crippen molar-refractivity contribution >= 4 is 22.9 Å². The van der Waals surface area contributed by atoms with Crippen LogP contribution in [0.1, 0.15) is 135 Å². The Balaban J connectivity index is 1.23. The Morgan fingerprint density at radius 2 is 1.54 bits per heavy atom. The molecule has 5 atom stereocenters. The highest BCUT2D eigenvalue weighted by molar-refractivity contribution is 5.90. The van der Waals surface area contributed by atoms with Crippen LogP contribution in [-0.4, -0.2) is 59.0 Å². The lowest BCUT2D eigenvalue weighted by atomic mass is 9.71. The van der Waals surface area contributed by atoms with Crippen molar-refractivity contribution in [2.75, 3.05) is 20.0 Å². The van der Waals surface area contributed by atoms with Gasteiger partial charge in [0.2, 0.25) is 0 Å². The molecule has 4 heterocycles. The van der Waals surface area contributed by atoms with Gasteiger partial charge < -0.3 is 38.7 Å². The normalized spacial score (nSPS) is 21.9. The molecule has 68 heavy (non-hydrogen) atoms. The zero-order valence-corrected chi connectivity index (χ0v) is 39.7. The molecule has 0 radical (unpaired) electrons. The lowest BCUT2D eigenvalue weighted by Crippen LogP contribution is -2.58. The van der Waals surface area contributed by atoms with Gasteiger partial charge in [0.25, 0.3) is 0 Å². The third kappa shape index (κ3) is 11.0. The van der Waals surface area contributed by atoms with Gasteiger partial charge in [0.05, 0.1) is 18.8 Å². The molecule has 1 aliphatic carbocycles. The summed E-state index contributed by atoms with van der Waals surface area (Å²) in [5.41, 5.74) is 5.85. The topological polar surface area (TPSA) is 162 Å². The number of carbonyl (C=O) groups is 2. The number of aliphatic hydroxyl groups excluding tert-OH is 3. The Labute approximate surface area is 399 Å². The van der Waals surface area contributed by atoms with Gasteiger partial charge in [-0.3, -0.25) is 4.79 Å². The molecular formula is C57H66O11. The Bertz CT molecular complexity index is 2620. The molecule has 2 bridgehead atoms. The van der Waals surface area contributed by atoms with Crippen LogP contribution in [0.3, 0.4) is 0 Å². The SMILES string of the molecule is CC(C)=C1CCc2ccc(cc2)C[C@@H](CCc2cccc(Cc3ccccc3)c2)CC(=O)O[C@@H]2c3c(ccc4c(CO)c([C@H](CCO)COCO)c(=O)oc34)O[C@@](C)(C3CCCCC3)[C@H]2OC1=O. The van der Waals surface area contributed by atoms with Crippen LogP contribution in [-0.2, 0) is 56.1 Å². The molecular weight excluding hydrogens is 861 g/mol. The number of aliphatic hydroxyl groups is 3. The highest BCUT2D eigenvalue weighted by Gasteiger charge is 2.56. The molecule has 11 heteroatoms. The van der Waals surface area contributed by atoms with Crippen LogP contribution in [0.15, 0.2) is 111 Å². The molecule has 4 aliphatic rings. The minimum absolute atomic E-state index is 0.0407. The van der Waals surface area contributed by atoms with E-state index in [1.807, 2.05) is 26.8 Å². The lowest BCUT2D eigenvalue weighted by Gasteiger charge is -2.50. The van der Waals surface area contributed by atoms with Crippen molar-refractivity contribution < 1.29 is 48.3 Å². The molecule has 3 N–H and O–H groups in total.